The summed E-state index contributed by atoms with van der Waals surface area (Å²) in [5, 5.41) is 23.5. The maximum atomic E-state index is 12.5. The van der Waals surface area contributed by atoms with Gasteiger partial charge in [0.1, 0.15) is 6.61 Å². The van der Waals surface area contributed by atoms with E-state index in [0.29, 0.717) is 0 Å². The third-order valence-electron chi connectivity index (χ3n) is 5.85. The van der Waals surface area contributed by atoms with E-state index >= 15 is 0 Å². The van der Waals surface area contributed by atoms with Crippen LogP contribution in [0.2, 0.25) is 5.02 Å². The highest BCUT2D eigenvalue weighted by Gasteiger charge is 2.29. The number of aliphatic hydroxyl groups excluding tert-OH is 1. The number of rotatable bonds is 7. The number of hydrogen-bond acceptors (Lipinski definition) is 5. The van der Waals surface area contributed by atoms with Crippen molar-refractivity contribution in [2.45, 2.75) is 25.0 Å². The van der Waals surface area contributed by atoms with Crippen LogP contribution in [0.25, 0.3) is 11.1 Å². The molecule has 2 unspecified atom stereocenters. The zero-order chi connectivity index (χ0) is 25.1. The lowest BCUT2D eigenvalue weighted by molar-refractivity contribution is -0.141. The minimum atomic E-state index is -1.47. The smallest absolute Gasteiger partial charge is 0.411 e. The lowest BCUT2D eigenvalue weighted by Crippen LogP contribution is -2.47. The molecular weight excluding hydrogens is 472 g/mol. The van der Waals surface area contributed by atoms with Crippen molar-refractivity contribution in [2.24, 2.45) is 0 Å². The normalized spacial score (nSPS) is 13.8. The fraction of sp³-hybridized carbons (Fsp3) is 0.192. The summed E-state index contributed by atoms with van der Waals surface area (Å²) in [5.74, 6) is -2.19. The second-order valence-corrected chi connectivity index (χ2v) is 8.58. The maximum absolute atomic E-state index is 12.5. The fourth-order valence-electron chi connectivity index (χ4n) is 4.12. The van der Waals surface area contributed by atoms with Gasteiger partial charge in [-0.3, -0.25) is 10.1 Å². The number of aliphatic hydroxyl groups is 1. The van der Waals surface area contributed by atoms with Gasteiger partial charge in [-0.1, -0.05) is 60.1 Å². The number of carbonyl (C=O) groups excluding carboxylic acids is 2. The van der Waals surface area contributed by atoms with Gasteiger partial charge in [-0.25, -0.2) is 9.59 Å². The Hall–Kier alpha value is -3.88. The van der Waals surface area contributed by atoms with Crippen molar-refractivity contribution >= 4 is 35.3 Å². The molecule has 3 aromatic rings. The molecule has 2 atom stereocenters. The molecule has 0 spiro atoms. The summed E-state index contributed by atoms with van der Waals surface area (Å²) in [6.45, 7) is 1.39. The van der Waals surface area contributed by atoms with Crippen LogP contribution in [0.3, 0.4) is 0 Å². The molecule has 9 heteroatoms. The minimum absolute atomic E-state index is 0.0649. The van der Waals surface area contributed by atoms with Crippen molar-refractivity contribution < 1.29 is 29.3 Å². The first-order valence-electron chi connectivity index (χ1n) is 10.9. The Morgan fingerprint density at radius 3 is 2.14 bits per heavy atom. The number of aliphatic carboxylic acids is 1. The van der Waals surface area contributed by atoms with Gasteiger partial charge in [-0.05, 0) is 47.4 Å². The highest BCUT2D eigenvalue weighted by Crippen LogP contribution is 2.44. The van der Waals surface area contributed by atoms with Crippen molar-refractivity contribution in [2.75, 3.05) is 11.9 Å². The number of hydrogen-bond donors (Lipinski definition) is 4. The number of carboxylic acids is 1. The predicted octanol–water partition coefficient (Wildman–Crippen LogP) is 4.26. The highest BCUT2D eigenvalue weighted by atomic mass is 35.5. The topological polar surface area (TPSA) is 125 Å². The van der Waals surface area contributed by atoms with Crippen molar-refractivity contribution in [3.05, 3.63) is 88.4 Å². The first-order valence-corrected chi connectivity index (χ1v) is 11.3. The zero-order valence-corrected chi connectivity index (χ0v) is 19.5. The molecule has 3 aromatic carbocycles. The molecule has 0 aliphatic heterocycles. The second kappa shape index (κ2) is 10.2. The number of carbonyl (C=O) groups is 3. The first-order chi connectivity index (χ1) is 16.8. The minimum Gasteiger partial charge on any atom is -0.480 e. The number of nitrogens with one attached hydrogen (secondary N) is 2. The maximum Gasteiger partial charge on any atom is 0.411 e. The molecule has 8 nitrogen and oxygen atoms in total. The quantitative estimate of drug-likeness (QED) is 0.389. The Kier molecular flexibility index (Phi) is 7.04. The predicted molar refractivity (Wildman–Crippen MR) is 131 cm³/mol. The van der Waals surface area contributed by atoms with Gasteiger partial charge in [0.25, 0.3) is 5.91 Å². The van der Waals surface area contributed by atoms with Gasteiger partial charge in [-0.15, -0.1) is 0 Å². The summed E-state index contributed by atoms with van der Waals surface area (Å²) < 4.78 is 5.50. The Morgan fingerprint density at radius 1 is 1.00 bits per heavy atom. The van der Waals surface area contributed by atoms with Gasteiger partial charge in [0.15, 0.2) is 6.04 Å². The van der Waals surface area contributed by atoms with Gasteiger partial charge in [0.05, 0.1) is 16.8 Å². The second-order valence-electron chi connectivity index (χ2n) is 8.18. The highest BCUT2D eigenvalue weighted by molar-refractivity contribution is 6.34. The number of carboxylic acid groups (broad SMARTS) is 1. The van der Waals surface area contributed by atoms with Crippen LogP contribution < -0.4 is 10.6 Å². The number of ether oxygens (including phenoxy) is 1. The average molecular weight is 495 g/mol. The number of halogens is 1. The summed E-state index contributed by atoms with van der Waals surface area (Å²) >= 11 is 6.22. The lowest BCUT2D eigenvalue weighted by atomic mass is 9.98. The molecule has 2 amide bonds. The van der Waals surface area contributed by atoms with Gasteiger partial charge in [0.2, 0.25) is 0 Å². The summed E-state index contributed by atoms with van der Waals surface area (Å²) in [6.07, 6.45) is -1.99. The molecule has 35 heavy (non-hydrogen) atoms. The molecule has 1 aliphatic rings. The third kappa shape index (κ3) is 5.13. The van der Waals surface area contributed by atoms with Crippen LogP contribution in [0.15, 0.2) is 66.7 Å². The molecule has 0 radical (unpaired) electrons. The van der Waals surface area contributed by atoms with Gasteiger partial charge < -0.3 is 20.3 Å². The number of fused-ring (bicyclic) bond motifs is 3. The fourth-order valence-corrected chi connectivity index (χ4v) is 4.34. The summed E-state index contributed by atoms with van der Waals surface area (Å²) in [5.41, 5.74) is 4.72. The molecule has 0 saturated carbocycles. The van der Waals surface area contributed by atoms with Crippen LogP contribution >= 0.6 is 11.6 Å². The number of benzene rings is 3. The largest absolute Gasteiger partial charge is 0.480 e. The van der Waals surface area contributed by atoms with Gasteiger partial charge in [-0.2, -0.15) is 0 Å². The molecule has 0 heterocycles. The summed E-state index contributed by atoms with van der Waals surface area (Å²) in [4.78, 5) is 36.0. The van der Waals surface area contributed by atoms with Crippen LogP contribution in [0.5, 0.6) is 0 Å². The van der Waals surface area contributed by atoms with Crippen LogP contribution in [-0.4, -0.2) is 46.9 Å². The van der Waals surface area contributed by atoms with Gasteiger partial charge >= 0.3 is 12.1 Å². The molecule has 0 saturated heterocycles. The summed E-state index contributed by atoms with van der Waals surface area (Å²) in [6, 6.07) is 18.6. The van der Waals surface area contributed by atoms with Crippen molar-refractivity contribution in [1.82, 2.24) is 5.32 Å². The standard InChI is InChI=1S/C26H23ClN2O6/c1-14(30)23(25(32)33)29-24(31)15-10-11-22(21(27)12-15)28-26(34)35-13-20-18-8-4-2-6-16(18)17-7-3-5-9-19(17)20/h2-12,14,20,23,30H,13H2,1H3,(H,28,34)(H,29,31)(H,32,33). The Balaban J connectivity index is 1.40. The molecule has 4 rings (SSSR count). The number of anilines is 1. The third-order valence-corrected chi connectivity index (χ3v) is 6.16. The van der Waals surface area contributed by atoms with E-state index in [0.717, 1.165) is 22.3 Å². The van der Waals surface area contributed by atoms with Crippen LogP contribution in [0, 0.1) is 0 Å². The molecule has 1 aliphatic carbocycles. The van der Waals surface area contributed by atoms with E-state index in [1.54, 1.807) is 0 Å². The zero-order valence-electron chi connectivity index (χ0n) is 18.7. The Morgan fingerprint density at radius 2 is 1.60 bits per heavy atom. The van der Waals surface area contributed by atoms with Crippen molar-refractivity contribution in [1.29, 1.82) is 0 Å². The van der Waals surface area contributed by atoms with Crippen LogP contribution in [-0.2, 0) is 9.53 Å². The average Bonchev–Trinajstić information content (AvgIpc) is 3.15. The Bertz CT molecular complexity index is 1250. The molecule has 0 aromatic heterocycles. The Labute approximate surface area is 206 Å². The van der Waals surface area contributed by atoms with Crippen molar-refractivity contribution in [3.8, 4) is 11.1 Å². The van der Waals surface area contributed by atoms with Crippen molar-refractivity contribution in [3.63, 3.8) is 0 Å². The lowest BCUT2D eigenvalue weighted by Gasteiger charge is -2.17. The van der Waals surface area contributed by atoms with E-state index in [4.69, 9.17) is 21.4 Å². The molecular formula is C26H23ClN2O6. The van der Waals surface area contributed by atoms with Crippen LogP contribution in [0.1, 0.15) is 34.3 Å². The van der Waals surface area contributed by atoms with E-state index in [1.165, 1.54) is 25.1 Å². The van der Waals surface area contributed by atoms with E-state index in [9.17, 15) is 19.5 Å². The van der Waals surface area contributed by atoms with E-state index < -0.39 is 30.1 Å². The molecule has 180 valence electrons. The summed E-state index contributed by atoms with van der Waals surface area (Å²) in [7, 11) is 0. The van der Waals surface area contributed by atoms with E-state index in [2.05, 4.69) is 10.6 Å². The molecule has 4 N–H and O–H groups in total. The van der Waals surface area contributed by atoms with E-state index in [1.807, 2.05) is 48.5 Å². The molecule has 0 bridgehead atoms. The van der Waals surface area contributed by atoms with Crippen LogP contribution in [0.4, 0.5) is 10.5 Å². The van der Waals surface area contributed by atoms with Gasteiger partial charge in [0, 0.05) is 11.5 Å². The SMILES string of the molecule is CC(O)C(NC(=O)c1ccc(NC(=O)OCC2c3ccccc3-c3ccccc32)c(Cl)c1)C(=O)O. The van der Waals surface area contributed by atoms with E-state index in [-0.39, 0.29) is 28.8 Å². The number of amides is 2. The molecule has 0 fully saturated rings. The monoisotopic (exact) mass is 494 g/mol. The first kappa shape index (κ1) is 24.3.